The first kappa shape index (κ1) is 10.0. The lowest BCUT2D eigenvalue weighted by atomic mass is 9.78. The molecule has 0 radical (unpaired) electrons. The maximum Gasteiger partial charge on any atom is 0.565 e. The molecule has 2 N–H and O–H groups in total. The fourth-order valence-electron chi connectivity index (χ4n) is 1.74. The van der Waals surface area contributed by atoms with Crippen molar-refractivity contribution in [2.75, 3.05) is 5.73 Å². The number of nitrogens with two attached hydrogens (primary N) is 1. The van der Waals surface area contributed by atoms with Gasteiger partial charge in [-0.15, -0.1) is 0 Å². The Balaban J connectivity index is 2.35. The van der Waals surface area contributed by atoms with Crippen molar-refractivity contribution in [1.29, 1.82) is 0 Å². The van der Waals surface area contributed by atoms with E-state index in [1.807, 2.05) is 19.1 Å². The van der Waals surface area contributed by atoms with E-state index in [9.17, 15) is 4.79 Å². The largest absolute Gasteiger partial charge is 0.565 e. The second-order valence-electron chi connectivity index (χ2n) is 3.61. The van der Waals surface area contributed by atoms with Crippen molar-refractivity contribution in [3.8, 4) is 0 Å². The van der Waals surface area contributed by atoms with Crippen LogP contribution in [0.4, 0.5) is 5.69 Å². The highest BCUT2D eigenvalue weighted by Gasteiger charge is 2.37. The highest BCUT2D eigenvalue weighted by atomic mass is 16.6. The predicted molar refractivity (Wildman–Crippen MR) is 57.5 cm³/mol. The van der Waals surface area contributed by atoms with Crippen LogP contribution in [0.2, 0.25) is 0 Å². The van der Waals surface area contributed by atoms with Crippen molar-refractivity contribution in [3.05, 3.63) is 23.8 Å². The smallest absolute Gasteiger partial charge is 0.506 e. The molecule has 5 heteroatoms. The molecule has 1 aliphatic rings. The highest BCUT2D eigenvalue weighted by Crippen LogP contribution is 2.24. The lowest BCUT2D eigenvalue weighted by molar-refractivity contribution is -0.133. The number of anilines is 1. The Bertz CT molecular complexity index is 408. The fraction of sp³-hybridized carbons (Fsp3) is 0.300. The number of fused-ring (bicyclic) bond motifs is 1. The van der Waals surface area contributed by atoms with Gasteiger partial charge in [0, 0.05) is 18.1 Å². The van der Waals surface area contributed by atoms with Crippen LogP contribution < -0.4 is 11.2 Å². The molecule has 1 atom stereocenters. The van der Waals surface area contributed by atoms with Crippen molar-refractivity contribution in [1.82, 2.24) is 0 Å². The van der Waals surface area contributed by atoms with Gasteiger partial charge in [0.15, 0.2) is 0 Å². The van der Waals surface area contributed by atoms with E-state index in [0.717, 1.165) is 11.0 Å². The van der Waals surface area contributed by atoms with Crippen molar-refractivity contribution in [2.45, 2.75) is 20.0 Å². The standard InChI is InChI=1S/C10H12BNO3/c1-6-9-4-3-8(12)5-10(9)11(14-6)15-7(2)13/h3-6H,12H2,1-2H3. The lowest BCUT2D eigenvalue weighted by Crippen LogP contribution is -2.34. The third-order valence-electron chi connectivity index (χ3n) is 2.40. The number of nitrogen functional groups attached to an aromatic ring is 1. The van der Waals surface area contributed by atoms with Crippen LogP contribution >= 0.6 is 0 Å². The first-order chi connectivity index (χ1) is 7.08. The molecule has 0 fully saturated rings. The number of hydrogen-bond donors (Lipinski definition) is 1. The van der Waals surface area contributed by atoms with Crippen molar-refractivity contribution < 1.29 is 14.1 Å². The van der Waals surface area contributed by atoms with Crippen LogP contribution in [-0.2, 0) is 14.1 Å². The Morgan fingerprint density at radius 3 is 3.00 bits per heavy atom. The molecule has 0 aromatic heterocycles. The minimum Gasteiger partial charge on any atom is -0.506 e. The summed E-state index contributed by atoms with van der Waals surface area (Å²) < 4.78 is 10.5. The van der Waals surface area contributed by atoms with Gasteiger partial charge >= 0.3 is 7.12 Å². The maximum atomic E-state index is 10.9. The van der Waals surface area contributed by atoms with Crippen LogP contribution in [0.25, 0.3) is 0 Å². The number of hydrogen-bond acceptors (Lipinski definition) is 4. The molecule has 0 aliphatic carbocycles. The van der Waals surface area contributed by atoms with E-state index in [2.05, 4.69) is 0 Å². The monoisotopic (exact) mass is 205 g/mol. The third-order valence-corrected chi connectivity index (χ3v) is 2.40. The molecule has 78 valence electrons. The molecule has 1 aromatic carbocycles. The zero-order valence-corrected chi connectivity index (χ0v) is 8.69. The molecule has 0 bridgehead atoms. The molecule has 15 heavy (non-hydrogen) atoms. The van der Waals surface area contributed by atoms with Gasteiger partial charge in [-0.1, -0.05) is 6.07 Å². The maximum absolute atomic E-state index is 10.9. The Kier molecular flexibility index (Phi) is 2.40. The second kappa shape index (κ2) is 3.58. The van der Waals surface area contributed by atoms with Crippen LogP contribution in [0.15, 0.2) is 18.2 Å². The molecular weight excluding hydrogens is 193 g/mol. The number of carbonyl (C=O) groups excluding carboxylic acids is 1. The topological polar surface area (TPSA) is 61.5 Å². The summed E-state index contributed by atoms with van der Waals surface area (Å²) in [5.41, 5.74) is 8.18. The zero-order chi connectivity index (χ0) is 11.0. The van der Waals surface area contributed by atoms with Gasteiger partial charge < -0.3 is 15.0 Å². The van der Waals surface area contributed by atoms with Gasteiger partial charge in [0.2, 0.25) is 0 Å². The van der Waals surface area contributed by atoms with Crippen molar-refractivity contribution >= 4 is 24.2 Å². The van der Waals surface area contributed by atoms with Crippen molar-refractivity contribution in [3.63, 3.8) is 0 Å². The SMILES string of the molecule is CC(=O)OB1OC(C)c2ccc(N)cc21. The number of benzene rings is 1. The molecule has 4 nitrogen and oxygen atoms in total. The summed E-state index contributed by atoms with van der Waals surface area (Å²) in [5.74, 6) is -0.359. The third kappa shape index (κ3) is 1.83. The summed E-state index contributed by atoms with van der Waals surface area (Å²) >= 11 is 0. The summed E-state index contributed by atoms with van der Waals surface area (Å²) in [4.78, 5) is 10.9. The fourth-order valence-corrected chi connectivity index (χ4v) is 1.74. The number of carbonyl (C=O) groups is 1. The average Bonchev–Trinajstić information content (AvgIpc) is 2.42. The molecule has 1 aromatic rings. The first-order valence-corrected chi connectivity index (χ1v) is 4.80. The predicted octanol–water partition coefficient (Wildman–Crippen LogP) is 0.618. The molecule has 0 saturated heterocycles. The summed E-state index contributed by atoms with van der Waals surface area (Å²) in [6.45, 7) is 3.27. The van der Waals surface area contributed by atoms with Gasteiger partial charge in [-0.3, -0.25) is 4.79 Å². The number of rotatable bonds is 1. The van der Waals surface area contributed by atoms with Crippen LogP contribution in [0.5, 0.6) is 0 Å². The Morgan fingerprint density at radius 2 is 2.33 bits per heavy atom. The first-order valence-electron chi connectivity index (χ1n) is 4.80. The van der Waals surface area contributed by atoms with E-state index >= 15 is 0 Å². The van der Waals surface area contributed by atoms with Gasteiger partial charge in [-0.25, -0.2) is 0 Å². The summed E-state index contributed by atoms with van der Waals surface area (Å²) in [5, 5.41) is 0. The molecule has 0 saturated carbocycles. The van der Waals surface area contributed by atoms with E-state index < -0.39 is 7.12 Å². The van der Waals surface area contributed by atoms with E-state index in [4.69, 9.17) is 15.0 Å². The van der Waals surface area contributed by atoms with Crippen LogP contribution in [0, 0.1) is 0 Å². The second-order valence-corrected chi connectivity index (χ2v) is 3.61. The molecule has 0 amide bonds. The van der Waals surface area contributed by atoms with Gasteiger partial charge in [0.25, 0.3) is 5.97 Å². The minimum atomic E-state index is -0.615. The van der Waals surface area contributed by atoms with Gasteiger partial charge in [0.1, 0.15) is 0 Å². The van der Waals surface area contributed by atoms with Gasteiger partial charge in [-0.2, -0.15) is 0 Å². The molecule has 0 spiro atoms. The molecule has 1 aliphatic heterocycles. The van der Waals surface area contributed by atoms with E-state index in [1.165, 1.54) is 6.92 Å². The Hall–Kier alpha value is -1.49. The van der Waals surface area contributed by atoms with Crippen LogP contribution in [-0.4, -0.2) is 13.1 Å². The van der Waals surface area contributed by atoms with E-state index in [0.29, 0.717) is 5.69 Å². The quantitative estimate of drug-likeness (QED) is 0.539. The molecule has 1 heterocycles. The lowest BCUT2D eigenvalue weighted by Gasteiger charge is -2.07. The summed E-state index contributed by atoms with van der Waals surface area (Å²) in [6.07, 6.45) is -0.0649. The van der Waals surface area contributed by atoms with Gasteiger partial charge in [-0.05, 0) is 24.6 Å². The summed E-state index contributed by atoms with van der Waals surface area (Å²) in [7, 11) is -0.615. The zero-order valence-electron chi connectivity index (χ0n) is 8.69. The van der Waals surface area contributed by atoms with E-state index in [1.54, 1.807) is 6.07 Å². The van der Waals surface area contributed by atoms with E-state index in [-0.39, 0.29) is 12.1 Å². The van der Waals surface area contributed by atoms with Gasteiger partial charge in [0.05, 0.1) is 6.10 Å². The average molecular weight is 205 g/mol. The molecule has 2 rings (SSSR count). The normalized spacial score (nSPS) is 18.8. The van der Waals surface area contributed by atoms with Crippen LogP contribution in [0.3, 0.4) is 0 Å². The molecule has 1 unspecified atom stereocenters. The Labute approximate surface area is 88.5 Å². The highest BCUT2D eigenvalue weighted by molar-refractivity contribution is 6.64. The minimum absolute atomic E-state index is 0.0649. The Morgan fingerprint density at radius 1 is 1.60 bits per heavy atom. The van der Waals surface area contributed by atoms with Crippen LogP contribution in [0.1, 0.15) is 25.5 Å². The molecular formula is C10H12BNO3. The summed E-state index contributed by atoms with van der Waals surface area (Å²) in [6, 6.07) is 5.50. The van der Waals surface area contributed by atoms with Crippen molar-refractivity contribution in [2.24, 2.45) is 0 Å².